The van der Waals surface area contributed by atoms with E-state index in [2.05, 4.69) is 15.4 Å². The van der Waals surface area contributed by atoms with Crippen LogP contribution in [-0.2, 0) is 18.2 Å². The molecule has 37 heavy (non-hydrogen) atoms. The molecular weight excluding hydrogens is 497 g/mol. The number of carbonyl (C=O) groups is 1. The van der Waals surface area contributed by atoms with Crippen molar-refractivity contribution in [2.45, 2.75) is 31.4 Å². The first-order valence-electron chi connectivity index (χ1n) is 12.1. The molecule has 1 aliphatic rings. The molecule has 2 N–H and O–H groups in total. The number of fused-ring (bicyclic) bond motifs is 1. The fourth-order valence-corrected chi connectivity index (χ4v) is 4.80. The minimum Gasteiger partial charge on any atom is -0.394 e. The molecular formula is C27H27ClFN5O3. The number of nitrogens with one attached hydrogen (secondary N) is 1. The molecule has 0 bridgehead atoms. The summed E-state index contributed by atoms with van der Waals surface area (Å²) in [6.07, 6.45) is 7.36. The Morgan fingerprint density at radius 2 is 2.14 bits per heavy atom. The summed E-state index contributed by atoms with van der Waals surface area (Å²) in [6.45, 7) is 0.625. The van der Waals surface area contributed by atoms with E-state index in [1.54, 1.807) is 48.5 Å². The van der Waals surface area contributed by atoms with Crippen LogP contribution in [-0.4, -0.2) is 50.1 Å². The standard InChI is InChI=1S/C27H27ClFN5O3/c1-34-14-20(13-31-34)26(17-4-5-22(28)23(29)10-17)33-27(36)18-2-3-19-12-30-25(32-24(19)11-18)9-16-6-7-37-21(8-16)15-35/h2-5,10-14,16,21,26,35H,6-9,15H2,1H3,(H,33,36)/t16-,21-,26-/m0/s1. The van der Waals surface area contributed by atoms with Gasteiger partial charge in [-0.05, 0) is 48.6 Å². The molecule has 1 fully saturated rings. The first-order chi connectivity index (χ1) is 17.9. The SMILES string of the molecule is Cn1cc([C@@H](NC(=O)c2ccc3cnc(C[C@H]4CCO[C@H](CO)C4)nc3c2)c2ccc(Cl)c(F)c2)cn1. The molecule has 0 radical (unpaired) electrons. The van der Waals surface area contributed by atoms with Gasteiger partial charge in [-0.2, -0.15) is 5.10 Å². The summed E-state index contributed by atoms with van der Waals surface area (Å²) in [5.41, 5.74) is 2.35. The van der Waals surface area contributed by atoms with Gasteiger partial charge < -0.3 is 15.2 Å². The molecule has 0 aliphatic carbocycles. The van der Waals surface area contributed by atoms with E-state index in [4.69, 9.17) is 21.3 Å². The lowest BCUT2D eigenvalue weighted by Gasteiger charge is -2.27. The molecule has 1 amide bonds. The van der Waals surface area contributed by atoms with E-state index in [1.807, 2.05) is 6.07 Å². The van der Waals surface area contributed by atoms with Gasteiger partial charge >= 0.3 is 0 Å². The lowest BCUT2D eigenvalue weighted by molar-refractivity contribution is -0.0377. The number of hydrogen-bond donors (Lipinski definition) is 2. The van der Waals surface area contributed by atoms with Crippen molar-refractivity contribution in [1.82, 2.24) is 25.1 Å². The lowest BCUT2D eigenvalue weighted by atomic mass is 9.92. The number of nitrogens with zero attached hydrogens (tertiary/aromatic N) is 4. The zero-order valence-electron chi connectivity index (χ0n) is 20.3. The van der Waals surface area contributed by atoms with Crippen LogP contribution >= 0.6 is 11.6 Å². The highest BCUT2D eigenvalue weighted by Crippen LogP contribution is 2.27. The number of carbonyl (C=O) groups excluding carboxylic acids is 1. The average Bonchev–Trinajstić information content (AvgIpc) is 3.34. The quantitative estimate of drug-likeness (QED) is 0.379. The van der Waals surface area contributed by atoms with Gasteiger partial charge in [-0.1, -0.05) is 23.7 Å². The summed E-state index contributed by atoms with van der Waals surface area (Å²) in [4.78, 5) is 22.5. The monoisotopic (exact) mass is 523 g/mol. The van der Waals surface area contributed by atoms with E-state index in [-0.39, 0.29) is 23.6 Å². The molecule has 1 aliphatic heterocycles. The Kier molecular flexibility index (Phi) is 7.45. The molecule has 1 saturated heterocycles. The Morgan fingerprint density at radius 1 is 1.27 bits per heavy atom. The van der Waals surface area contributed by atoms with E-state index in [9.17, 15) is 14.3 Å². The number of ether oxygens (including phenoxy) is 1. The average molecular weight is 524 g/mol. The second kappa shape index (κ2) is 10.9. The smallest absolute Gasteiger partial charge is 0.252 e. The molecule has 4 aromatic rings. The number of aliphatic hydroxyl groups is 1. The van der Waals surface area contributed by atoms with Crippen LogP contribution in [0.15, 0.2) is 55.0 Å². The highest BCUT2D eigenvalue weighted by Gasteiger charge is 2.24. The van der Waals surface area contributed by atoms with Gasteiger partial charge in [0.2, 0.25) is 0 Å². The highest BCUT2D eigenvalue weighted by atomic mass is 35.5. The largest absolute Gasteiger partial charge is 0.394 e. The van der Waals surface area contributed by atoms with Crippen molar-refractivity contribution in [3.63, 3.8) is 0 Å². The highest BCUT2D eigenvalue weighted by molar-refractivity contribution is 6.30. The van der Waals surface area contributed by atoms with Crippen LogP contribution in [0.25, 0.3) is 10.9 Å². The van der Waals surface area contributed by atoms with Crippen LogP contribution in [0.2, 0.25) is 5.02 Å². The van der Waals surface area contributed by atoms with Crippen LogP contribution in [0.5, 0.6) is 0 Å². The minimum absolute atomic E-state index is 0.0102. The van der Waals surface area contributed by atoms with Crippen molar-refractivity contribution >= 4 is 28.4 Å². The first-order valence-corrected chi connectivity index (χ1v) is 12.5. The summed E-state index contributed by atoms with van der Waals surface area (Å²) < 4.78 is 21.4. The number of aliphatic hydroxyl groups excluding tert-OH is 1. The maximum absolute atomic E-state index is 14.2. The number of aryl methyl sites for hydroxylation is 1. The zero-order valence-corrected chi connectivity index (χ0v) is 21.0. The molecule has 192 valence electrons. The third-order valence-corrected chi connectivity index (χ3v) is 6.96. The van der Waals surface area contributed by atoms with Crippen LogP contribution < -0.4 is 5.32 Å². The van der Waals surface area contributed by atoms with E-state index >= 15 is 0 Å². The molecule has 3 atom stereocenters. The fourth-order valence-electron chi connectivity index (χ4n) is 4.69. The van der Waals surface area contributed by atoms with Gasteiger partial charge in [-0.25, -0.2) is 14.4 Å². The van der Waals surface area contributed by atoms with E-state index in [0.29, 0.717) is 47.0 Å². The molecule has 2 aromatic carbocycles. The number of benzene rings is 2. The van der Waals surface area contributed by atoms with Crippen molar-refractivity contribution in [2.24, 2.45) is 13.0 Å². The van der Waals surface area contributed by atoms with Gasteiger partial charge in [0.15, 0.2) is 0 Å². The Hall–Kier alpha value is -3.40. The van der Waals surface area contributed by atoms with Crippen molar-refractivity contribution in [2.75, 3.05) is 13.2 Å². The van der Waals surface area contributed by atoms with Crippen LogP contribution in [0.1, 0.15) is 46.2 Å². The molecule has 8 nitrogen and oxygen atoms in total. The van der Waals surface area contributed by atoms with E-state index in [1.165, 1.54) is 12.1 Å². The lowest BCUT2D eigenvalue weighted by Crippen LogP contribution is -2.29. The van der Waals surface area contributed by atoms with E-state index < -0.39 is 11.9 Å². The second-order valence-corrected chi connectivity index (χ2v) is 9.76. The second-order valence-electron chi connectivity index (χ2n) is 9.36. The first kappa shape index (κ1) is 25.3. The van der Waals surface area contributed by atoms with Crippen LogP contribution in [0.4, 0.5) is 4.39 Å². The normalized spacial score (nSPS) is 18.6. The van der Waals surface area contributed by atoms with Gasteiger partial charge in [-0.3, -0.25) is 9.48 Å². The van der Waals surface area contributed by atoms with E-state index in [0.717, 1.165) is 18.2 Å². The Bertz CT molecular complexity index is 1430. The van der Waals surface area contributed by atoms with Gasteiger partial charge in [0, 0.05) is 49.0 Å². The Balaban J connectivity index is 1.38. The summed E-state index contributed by atoms with van der Waals surface area (Å²) in [5.74, 6) is 0.127. The fraction of sp³-hybridized carbons (Fsp3) is 0.333. The molecule has 0 saturated carbocycles. The van der Waals surface area contributed by atoms with Crippen molar-refractivity contribution in [1.29, 1.82) is 0 Å². The molecule has 5 rings (SSSR count). The van der Waals surface area contributed by atoms with Crippen molar-refractivity contribution < 1.29 is 19.0 Å². The van der Waals surface area contributed by atoms with Crippen LogP contribution in [0, 0.1) is 11.7 Å². The summed E-state index contributed by atoms with van der Waals surface area (Å²) >= 11 is 5.87. The number of amides is 1. The zero-order chi connectivity index (χ0) is 25.9. The predicted molar refractivity (Wildman–Crippen MR) is 137 cm³/mol. The van der Waals surface area contributed by atoms with Gasteiger partial charge in [-0.15, -0.1) is 0 Å². The minimum atomic E-state index is -0.627. The molecule has 3 heterocycles. The van der Waals surface area contributed by atoms with Crippen molar-refractivity contribution in [3.8, 4) is 0 Å². The molecule has 0 spiro atoms. The number of halogens is 2. The summed E-state index contributed by atoms with van der Waals surface area (Å²) in [6, 6.07) is 9.10. The molecule has 2 aromatic heterocycles. The van der Waals surface area contributed by atoms with Crippen molar-refractivity contribution in [3.05, 3.63) is 88.3 Å². The number of hydrogen-bond acceptors (Lipinski definition) is 6. The summed E-state index contributed by atoms with van der Waals surface area (Å²) in [5, 5.41) is 17.4. The molecule has 10 heteroatoms. The van der Waals surface area contributed by atoms with Gasteiger partial charge in [0.05, 0.1) is 35.5 Å². The topological polar surface area (TPSA) is 102 Å². The Labute approximate surface area is 218 Å². The maximum atomic E-state index is 14.2. The third-order valence-electron chi connectivity index (χ3n) is 6.66. The molecule has 0 unspecified atom stereocenters. The number of aromatic nitrogens is 4. The van der Waals surface area contributed by atoms with Crippen LogP contribution in [0.3, 0.4) is 0 Å². The summed E-state index contributed by atoms with van der Waals surface area (Å²) in [7, 11) is 1.77. The van der Waals surface area contributed by atoms with Gasteiger partial charge in [0.25, 0.3) is 5.91 Å². The predicted octanol–water partition coefficient (Wildman–Crippen LogP) is 4.01. The number of rotatable bonds is 7. The third kappa shape index (κ3) is 5.79. The van der Waals surface area contributed by atoms with Gasteiger partial charge in [0.1, 0.15) is 11.6 Å². The Morgan fingerprint density at radius 3 is 2.89 bits per heavy atom. The maximum Gasteiger partial charge on any atom is 0.252 e.